The molecule has 4 aromatic rings. The van der Waals surface area contributed by atoms with Gasteiger partial charge in [-0.3, -0.25) is 4.79 Å². The van der Waals surface area contributed by atoms with Gasteiger partial charge in [-0.05, 0) is 36.4 Å². The zero-order valence-electron chi connectivity index (χ0n) is 14.6. The summed E-state index contributed by atoms with van der Waals surface area (Å²) in [6.45, 7) is 0. The fraction of sp³-hybridized carbons (Fsp3) is 0.0526. The maximum Gasteiger partial charge on any atom is 0.332 e. The zero-order chi connectivity index (χ0) is 19.8. The van der Waals surface area contributed by atoms with Crippen LogP contribution in [0.2, 0.25) is 5.02 Å². The molecule has 3 N–H and O–H groups in total. The summed E-state index contributed by atoms with van der Waals surface area (Å²) in [6, 6.07) is 13.7. The lowest BCUT2D eigenvalue weighted by Crippen LogP contribution is -2.15. The zero-order valence-corrected chi connectivity index (χ0v) is 15.4. The summed E-state index contributed by atoms with van der Waals surface area (Å²) in [4.78, 5) is 36.0. The minimum absolute atomic E-state index is 0.0753. The molecule has 0 aliphatic heterocycles. The average molecular weight is 396 g/mol. The van der Waals surface area contributed by atoms with Crippen molar-refractivity contribution in [2.45, 2.75) is 0 Å². The third kappa shape index (κ3) is 2.99. The summed E-state index contributed by atoms with van der Waals surface area (Å²) in [5.41, 5.74) is 6.48. The number of hydrogen-bond donors (Lipinski definition) is 2. The normalized spacial score (nSPS) is 10.9. The van der Waals surface area contributed by atoms with Crippen LogP contribution in [-0.4, -0.2) is 32.5 Å². The Morgan fingerprint density at radius 1 is 1.18 bits per heavy atom. The maximum atomic E-state index is 12.6. The van der Waals surface area contributed by atoms with Crippen LogP contribution in [0.25, 0.3) is 28.2 Å². The van der Waals surface area contributed by atoms with Crippen LogP contribution in [0.15, 0.2) is 53.3 Å². The van der Waals surface area contributed by atoms with Gasteiger partial charge in [-0.15, -0.1) is 0 Å². The van der Waals surface area contributed by atoms with E-state index in [4.69, 9.17) is 22.1 Å². The molecule has 0 saturated heterocycles. The Morgan fingerprint density at radius 2 is 1.93 bits per heavy atom. The monoisotopic (exact) mass is 395 g/mol. The van der Waals surface area contributed by atoms with Gasteiger partial charge in [0.25, 0.3) is 5.91 Å². The van der Waals surface area contributed by atoms with Gasteiger partial charge in [-0.2, -0.15) is 0 Å². The second-order valence-electron chi connectivity index (χ2n) is 5.93. The second-order valence-corrected chi connectivity index (χ2v) is 6.37. The van der Waals surface area contributed by atoms with E-state index in [0.29, 0.717) is 22.0 Å². The molecular formula is C19H14ClN5O3. The number of nitrogens with zero attached hydrogens (tertiary/aromatic N) is 3. The van der Waals surface area contributed by atoms with Crippen molar-refractivity contribution in [2.24, 2.45) is 5.73 Å². The molecule has 2 aromatic carbocycles. The van der Waals surface area contributed by atoms with Gasteiger partial charge < -0.3 is 15.5 Å². The fourth-order valence-corrected chi connectivity index (χ4v) is 3.01. The fourth-order valence-electron chi connectivity index (χ4n) is 2.88. The molecule has 0 radical (unpaired) electrons. The predicted octanol–water partition coefficient (Wildman–Crippen LogP) is 2.54. The number of hydrogen-bond acceptors (Lipinski definition) is 5. The van der Waals surface area contributed by atoms with Gasteiger partial charge >= 0.3 is 5.69 Å². The lowest BCUT2D eigenvalue weighted by Gasteiger charge is -2.08. The van der Waals surface area contributed by atoms with Crippen LogP contribution in [0.1, 0.15) is 10.5 Å². The first-order valence-corrected chi connectivity index (χ1v) is 8.58. The van der Waals surface area contributed by atoms with Crippen LogP contribution < -0.4 is 16.2 Å². The van der Waals surface area contributed by atoms with E-state index in [2.05, 4.69) is 15.0 Å². The van der Waals surface area contributed by atoms with Crippen molar-refractivity contribution in [1.29, 1.82) is 0 Å². The molecule has 28 heavy (non-hydrogen) atoms. The second kappa shape index (κ2) is 6.82. The molecule has 9 heteroatoms. The van der Waals surface area contributed by atoms with Gasteiger partial charge in [0, 0.05) is 16.7 Å². The van der Waals surface area contributed by atoms with Crippen LogP contribution in [0.5, 0.6) is 5.75 Å². The lowest BCUT2D eigenvalue weighted by atomic mass is 10.2. The quantitative estimate of drug-likeness (QED) is 0.550. The number of fused-ring (bicyclic) bond motifs is 1. The highest BCUT2D eigenvalue weighted by Gasteiger charge is 2.20. The molecule has 0 saturated carbocycles. The number of nitrogens with one attached hydrogen (secondary N) is 1. The molecule has 0 atom stereocenters. The topological polar surface area (TPSA) is 116 Å². The minimum Gasteiger partial charge on any atom is -0.497 e. The van der Waals surface area contributed by atoms with E-state index < -0.39 is 11.6 Å². The van der Waals surface area contributed by atoms with Crippen molar-refractivity contribution >= 4 is 28.7 Å². The van der Waals surface area contributed by atoms with Crippen molar-refractivity contribution in [2.75, 3.05) is 7.11 Å². The number of aromatic amines is 1. The van der Waals surface area contributed by atoms with Crippen LogP contribution >= 0.6 is 11.6 Å². The van der Waals surface area contributed by atoms with Crippen LogP contribution in [0.4, 0.5) is 0 Å². The van der Waals surface area contributed by atoms with E-state index in [9.17, 15) is 9.59 Å². The molecular weight excluding hydrogens is 382 g/mol. The lowest BCUT2D eigenvalue weighted by molar-refractivity contribution is 0.0997. The Balaban J connectivity index is 2.04. The number of aromatic nitrogens is 4. The molecule has 0 unspecified atom stereocenters. The summed E-state index contributed by atoms with van der Waals surface area (Å²) >= 11 is 5.94. The number of carbonyl (C=O) groups is 1. The van der Waals surface area contributed by atoms with E-state index in [-0.39, 0.29) is 22.7 Å². The molecule has 0 aliphatic carbocycles. The van der Waals surface area contributed by atoms with Crippen LogP contribution in [0.3, 0.4) is 0 Å². The van der Waals surface area contributed by atoms with Gasteiger partial charge in [0.2, 0.25) is 0 Å². The number of imidazole rings is 1. The van der Waals surface area contributed by atoms with E-state index in [0.717, 1.165) is 0 Å². The highest BCUT2D eigenvalue weighted by atomic mass is 35.5. The highest BCUT2D eigenvalue weighted by Crippen LogP contribution is 2.24. The molecule has 0 fully saturated rings. The standard InChI is InChI=1S/C19H14ClN5O3/c1-28-13-4-2-3-12(9-13)25-18-15(23-19(25)27)14(16(21)26)22-17(24-18)10-5-7-11(20)8-6-10/h2-9H,1H3,(H2,21,26)(H,23,27). The van der Waals surface area contributed by atoms with Crippen molar-refractivity contribution in [1.82, 2.24) is 19.5 Å². The Hall–Kier alpha value is -3.65. The Kier molecular flexibility index (Phi) is 4.32. The van der Waals surface area contributed by atoms with Crippen molar-refractivity contribution in [3.05, 3.63) is 69.7 Å². The van der Waals surface area contributed by atoms with Crippen LogP contribution in [-0.2, 0) is 0 Å². The van der Waals surface area contributed by atoms with Crippen molar-refractivity contribution in [3.8, 4) is 22.8 Å². The molecule has 140 valence electrons. The first-order valence-electron chi connectivity index (χ1n) is 8.21. The first-order chi connectivity index (χ1) is 13.5. The van der Waals surface area contributed by atoms with Gasteiger partial charge in [0.05, 0.1) is 12.8 Å². The number of amides is 1. The van der Waals surface area contributed by atoms with E-state index >= 15 is 0 Å². The Bertz CT molecular complexity index is 1260. The van der Waals surface area contributed by atoms with Gasteiger partial charge in [-0.1, -0.05) is 17.7 Å². The van der Waals surface area contributed by atoms with Crippen molar-refractivity contribution < 1.29 is 9.53 Å². The largest absolute Gasteiger partial charge is 0.497 e. The smallest absolute Gasteiger partial charge is 0.332 e. The van der Waals surface area contributed by atoms with Gasteiger partial charge in [-0.25, -0.2) is 19.3 Å². The number of methoxy groups -OCH3 is 1. The van der Waals surface area contributed by atoms with Gasteiger partial charge in [0.15, 0.2) is 17.2 Å². The molecule has 2 aromatic heterocycles. The molecule has 0 aliphatic rings. The maximum absolute atomic E-state index is 12.6. The van der Waals surface area contributed by atoms with E-state index in [1.165, 1.54) is 11.7 Å². The molecule has 0 bridgehead atoms. The van der Waals surface area contributed by atoms with E-state index in [1.807, 2.05) is 0 Å². The third-order valence-corrected chi connectivity index (χ3v) is 4.44. The SMILES string of the molecule is COc1cccc(-n2c(=O)[nH]c3c(C(N)=O)nc(-c4ccc(Cl)cc4)nc32)c1. The number of primary amides is 1. The average Bonchev–Trinajstić information content (AvgIpc) is 3.03. The minimum atomic E-state index is -0.776. The molecule has 1 amide bonds. The number of rotatable bonds is 4. The Morgan fingerprint density at radius 3 is 2.61 bits per heavy atom. The van der Waals surface area contributed by atoms with Crippen molar-refractivity contribution in [3.63, 3.8) is 0 Å². The molecule has 4 rings (SSSR count). The number of ether oxygens (including phenoxy) is 1. The highest BCUT2D eigenvalue weighted by molar-refractivity contribution is 6.30. The molecule has 8 nitrogen and oxygen atoms in total. The summed E-state index contributed by atoms with van der Waals surface area (Å²) in [5, 5.41) is 0.551. The van der Waals surface area contributed by atoms with Gasteiger partial charge in [0.1, 0.15) is 11.3 Å². The predicted molar refractivity (Wildman–Crippen MR) is 105 cm³/mol. The number of benzene rings is 2. The molecule has 2 heterocycles. The number of carbonyl (C=O) groups excluding carboxylic acids is 1. The number of halogens is 1. The summed E-state index contributed by atoms with van der Waals surface area (Å²) in [7, 11) is 1.53. The Labute approximate surface area is 163 Å². The number of H-pyrrole nitrogens is 1. The first kappa shape index (κ1) is 17.7. The summed E-state index contributed by atoms with van der Waals surface area (Å²) in [6.07, 6.45) is 0. The summed E-state index contributed by atoms with van der Waals surface area (Å²) < 4.78 is 6.56. The number of nitrogens with two attached hydrogens (primary N) is 1. The van der Waals surface area contributed by atoms with E-state index in [1.54, 1.807) is 48.5 Å². The summed E-state index contributed by atoms with van der Waals surface area (Å²) in [5.74, 6) is 0.0381. The molecule has 0 spiro atoms. The van der Waals surface area contributed by atoms with Crippen LogP contribution in [0, 0.1) is 0 Å². The third-order valence-electron chi connectivity index (χ3n) is 4.18.